The minimum Gasteiger partial charge on any atom is -0.355 e. The van der Waals surface area contributed by atoms with E-state index in [-0.39, 0.29) is 5.91 Å². The van der Waals surface area contributed by atoms with Gasteiger partial charge in [0.15, 0.2) is 0 Å². The summed E-state index contributed by atoms with van der Waals surface area (Å²) in [7, 11) is 0. The Labute approximate surface area is 130 Å². The lowest BCUT2D eigenvalue weighted by atomic mass is 10.1. The number of nitrogens with zero attached hydrogens (tertiary/aromatic N) is 3. The molecular formula is C15H22N4OS. The second-order valence-corrected chi connectivity index (χ2v) is 5.83. The highest BCUT2D eigenvalue weighted by Gasteiger charge is 2.22. The summed E-state index contributed by atoms with van der Waals surface area (Å²) in [5.41, 5.74) is 0.363. The number of hydrogen-bond acceptors (Lipinski definition) is 5. The number of nitrogens with one attached hydrogen (secondary N) is 1. The number of anilines is 1. The molecule has 1 amide bonds. The first-order valence-corrected chi connectivity index (χ1v) is 8.56. The summed E-state index contributed by atoms with van der Waals surface area (Å²) >= 11 is 1.60. The Balaban J connectivity index is 1.89. The van der Waals surface area contributed by atoms with E-state index in [0.29, 0.717) is 12.2 Å². The molecule has 21 heavy (non-hydrogen) atoms. The lowest BCUT2D eigenvalue weighted by molar-refractivity contribution is 0.0952. The van der Waals surface area contributed by atoms with E-state index >= 15 is 0 Å². The summed E-state index contributed by atoms with van der Waals surface area (Å²) in [6.07, 6.45) is 9.55. The van der Waals surface area contributed by atoms with Crippen molar-refractivity contribution in [2.24, 2.45) is 5.92 Å². The van der Waals surface area contributed by atoms with Crippen LogP contribution in [0.5, 0.6) is 0 Å². The predicted molar refractivity (Wildman–Crippen MR) is 87.6 cm³/mol. The van der Waals surface area contributed by atoms with Crippen LogP contribution in [0.1, 0.15) is 30.3 Å². The minimum atomic E-state index is -0.187. The first kappa shape index (κ1) is 15.8. The van der Waals surface area contributed by atoms with Crippen molar-refractivity contribution in [3.8, 4) is 0 Å². The highest BCUT2D eigenvalue weighted by Crippen LogP contribution is 2.23. The number of thioether (sulfide) groups is 1. The summed E-state index contributed by atoms with van der Waals surface area (Å²) in [4.78, 5) is 22.7. The van der Waals surface area contributed by atoms with Crippen molar-refractivity contribution in [1.82, 2.24) is 15.3 Å². The zero-order valence-corrected chi connectivity index (χ0v) is 13.4. The van der Waals surface area contributed by atoms with E-state index in [4.69, 9.17) is 0 Å². The number of rotatable bonds is 6. The molecule has 0 saturated carbocycles. The highest BCUT2D eigenvalue weighted by atomic mass is 32.2. The third-order valence-electron chi connectivity index (χ3n) is 3.67. The fourth-order valence-corrected chi connectivity index (χ4v) is 2.65. The number of carbonyl (C=O) groups is 1. The molecule has 0 aromatic carbocycles. The predicted octanol–water partition coefficient (Wildman–Crippen LogP) is 2.32. The molecule has 1 saturated heterocycles. The normalized spacial score (nSPS) is 18.4. The molecule has 2 heterocycles. The maximum absolute atomic E-state index is 11.9. The fourth-order valence-electron chi connectivity index (χ4n) is 2.36. The van der Waals surface area contributed by atoms with E-state index in [2.05, 4.69) is 27.1 Å². The largest absolute Gasteiger partial charge is 0.355 e. The molecule has 0 bridgehead atoms. The average molecular weight is 306 g/mol. The first-order chi connectivity index (χ1) is 10.2. The average Bonchev–Trinajstić information content (AvgIpc) is 3.00. The van der Waals surface area contributed by atoms with Gasteiger partial charge in [0, 0.05) is 19.6 Å². The van der Waals surface area contributed by atoms with Crippen LogP contribution in [0.3, 0.4) is 0 Å². The van der Waals surface area contributed by atoms with Crippen LogP contribution in [0.25, 0.3) is 0 Å². The van der Waals surface area contributed by atoms with Crippen molar-refractivity contribution in [2.75, 3.05) is 30.8 Å². The molecule has 1 aromatic rings. The molecule has 1 N–H and O–H groups in total. The molecule has 1 fully saturated rings. The smallest absolute Gasteiger partial charge is 0.271 e. The summed E-state index contributed by atoms with van der Waals surface area (Å²) in [6, 6.07) is 0. The molecule has 2 rings (SSSR count). The van der Waals surface area contributed by atoms with Crippen molar-refractivity contribution in [3.05, 3.63) is 29.6 Å². The number of hydrogen-bond donors (Lipinski definition) is 1. The Morgan fingerprint density at radius 1 is 1.52 bits per heavy atom. The van der Waals surface area contributed by atoms with Crippen molar-refractivity contribution in [1.29, 1.82) is 0 Å². The van der Waals surface area contributed by atoms with Gasteiger partial charge in [-0.2, -0.15) is 0 Å². The van der Waals surface area contributed by atoms with Crippen molar-refractivity contribution in [2.45, 2.75) is 19.8 Å². The van der Waals surface area contributed by atoms with E-state index in [1.54, 1.807) is 24.2 Å². The summed E-state index contributed by atoms with van der Waals surface area (Å²) < 4.78 is 0. The SMILES string of the molecule is CC[C@H]1CCN(c2cnc(C(=O)NC/C=C/SC)cn2)C1. The van der Waals surface area contributed by atoms with Crippen molar-refractivity contribution < 1.29 is 4.79 Å². The summed E-state index contributed by atoms with van der Waals surface area (Å²) in [6.45, 7) is 4.79. The fraction of sp³-hybridized carbons (Fsp3) is 0.533. The Kier molecular flexibility index (Phi) is 6.04. The Morgan fingerprint density at radius 2 is 2.38 bits per heavy atom. The van der Waals surface area contributed by atoms with Crippen LogP contribution < -0.4 is 10.2 Å². The lowest BCUT2D eigenvalue weighted by Crippen LogP contribution is -2.25. The van der Waals surface area contributed by atoms with E-state index in [9.17, 15) is 4.79 Å². The first-order valence-electron chi connectivity index (χ1n) is 7.27. The van der Waals surface area contributed by atoms with E-state index in [1.165, 1.54) is 12.8 Å². The van der Waals surface area contributed by atoms with Gasteiger partial charge in [-0.05, 0) is 24.0 Å². The quantitative estimate of drug-likeness (QED) is 0.874. The van der Waals surface area contributed by atoms with Crippen LogP contribution >= 0.6 is 11.8 Å². The van der Waals surface area contributed by atoms with Gasteiger partial charge >= 0.3 is 0 Å². The molecule has 114 valence electrons. The van der Waals surface area contributed by atoms with Crippen LogP contribution in [0.4, 0.5) is 5.82 Å². The van der Waals surface area contributed by atoms with Gasteiger partial charge in [0.05, 0.1) is 12.4 Å². The van der Waals surface area contributed by atoms with Gasteiger partial charge in [-0.15, -0.1) is 11.8 Å². The highest BCUT2D eigenvalue weighted by molar-refractivity contribution is 8.01. The molecule has 5 nitrogen and oxygen atoms in total. The summed E-state index contributed by atoms with van der Waals surface area (Å²) in [5.74, 6) is 1.43. The number of aromatic nitrogens is 2. The zero-order valence-electron chi connectivity index (χ0n) is 12.6. The molecule has 0 spiro atoms. The molecule has 0 unspecified atom stereocenters. The molecule has 6 heteroatoms. The Hall–Kier alpha value is -1.56. The van der Waals surface area contributed by atoms with Crippen LogP contribution in [0.15, 0.2) is 23.9 Å². The van der Waals surface area contributed by atoms with E-state index in [0.717, 1.165) is 24.8 Å². The minimum absolute atomic E-state index is 0.187. The molecule has 1 aromatic heterocycles. The second kappa shape index (κ2) is 8.02. The lowest BCUT2D eigenvalue weighted by Gasteiger charge is -2.16. The maximum Gasteiger partial charge on any atom is 0.271 e. The molecule has 1 aliphatic rings. The third-order valence-corrected chi connectivity index (χ3v) is 4.14. The van der Waals surface area contributed by atoms with Crippen LogP contribution in [0, 0.1) is 5.92 Å². The van der Waals surface area contributed by atoms with Crippen molar-refractivity contribution in [3.63, 3.8) is 0 Å². The van der Waals surface area contributed by atoms with Gasteiger partial charge < -0.3 is 10.2 Å². The second-order valence-electron chi connectivity index (χ2n) is 5.09. The zero-order chi connectivity index (χ0) is 15.1. The molecule has 1 aliphatic heterocycles. The van der Waals surface area contributed by atoms with Gasteiger partial charge in [0.2, 0.25) is 0 Å². The molecule has 0 aliphatic carbocycles. The van der Waals surface area contributed by atoms with E-state index < -0.39 is 0 Å². The molecule has 1 atom stereocenters. The van der Waals surface area contributed by atoms with Crippen LogP contribution in [-0.2, 0) is 0 Å². The topological polar surface area (TPSA) is 58.1 Å². The monoisotopic (exact) mass is 306 g/mol. The van der Waals surface area contributed by atoms with Gasteiger partial charge in [0.25, 0.3) is 5.91 Å². The van der Waals surface area contributed by atoms with Gasteiger partial charge in [-0.25, -0.2) is 9.97 Å². The van der Waals surface area contributed by atoms with Crippen LogP contribution in [0.2, 0.25) is 0 Å². The van der Waals surface area contributed by atoms with Crippen LogP contribution in [-0.4, -0.2) is 41.8 Å². The van der Waals surface area contributed by atoms with Crippen molar-refractivity contribution >= 4 is 23.5 Å². The standard InChI is InChI=1S/C15H22N4OS/c1-3-12-5-7-19(11-12)14-10-17-13(9-18-14)15(20)16-6-4-8-21-2/h4,8-10,12H,3,5-7,11H2,1-2H3,(H,16,20)/b8-4+/t12-/m0/s1. The summed E-state index contributed by atoms with van der Waals surface area (Å²) in [5, 5.41) is 4.72. The Morgan fingerprint density at radius 3 is 3.00 bits per heavy atom. The third kappa shape index (κ3) is 4.46. The van der Waals surface area contributed by atoms with Gasteiger partial charge in [-0.1, -0.05) is 19.4 Å². The van der Waals surface area contributed by atoms with Gasteiger partial charge in [-0.3, -0.25) is 4.79 Å². The molecule has 0 radical (unpaired) electrons. The maximum atomic E-state index is 11.9. The van der Waals surface area contributed by atoms with E-state index in [1.807, 2.05) is 17.7 Å². The number of amides is 1. The Bertz CT molecular complexity index is 489. The molecular weight excluding hydrogens is 284 g/mol. The van der Waals surface area contributed by atoms with Gasteiger partial charge in [0.1, 0.15) is 11.5 Å². The number of carbonyl (C=O) groups excluding carboxylic acids is 1.